The van der Waals surface area contributed by atoms with Crippen LogP contribution in [0.2, 0.25) is 0 Å². The average molecular weight is 213 g/mol. The minimum atomic E-state index is 0.606. The molecule has 0 aromatic heterocycles. The maximum absolute atomic E-state index is 5.48. The Hall–Kier alpha value is -0.810. The smallest absolute Gasteiger partial charge is 0.208 e. The molecule has 1 fully saturated rings. The van der Waals surface area contributed by atoms with Gasteiger partial charge in [-0.05, 0) is 20.4 Å². The van der Waals surface area contributed by atoms with Crippen LogP contribution < -0.4 is 11.3 Å². The lowest BCUT2D eigenvalue weighted by atomic mass is 10.1. The van der Waals surface area contributed by atoms with Crippen LogP contribution in [0, 0.1) is 0 Å². The molecular formula is C10H23N5. The Bertz CT molecular complexity index is 216. The summed E-state index contributed by atoms with van der Waals surface area (Å²) in [5.41, 5.74) is 2.69. The van der Waals surface area contributed by atoms with Crippen LogP contribution in [0.1, 0.15) is 20.3 Å². The van der Waals surface area contributed by atoms with Gasteiger partial charge >= 0.3 is 0 Å². The lowest BCUT2D eigenvalue weighted by molar-refractivity contribution is 0.135. The van der Waals surface area contributed by atoms with E-state index in [1.807, 2.05) is 6.92 Å². The maximum Gasteiger partial charge on any atom is 0.208 e. The Morgan fingerprint density at radius 3 is 2.73 bits per heavy atom. The summed E-state index contributed by atoms with van der Waals surface area (Å²) in [6.45, 7) is 8.08. The van der Waals surface area contributed by atoms with Gasteiger partial charge in [-0.2, -0.15) is 0 Å². The fraction of sp³-hybridized carbons (Fsp3) is 0.900. The molecule has 88 valence electrons. The van der Waals surface area contributed by atoms with Gasteiger partial charge in [0.2, 0.25) is 5.96 Å². The standard InChI is InChI=1S/C10H23N5/c1-4-9-8-15(7-6-14(9)3)10(13-11)12-5-2/h9H,4-8,11H2,1-3H3,(H,12,13). The summed E-state index contributed by atoms with van der Waals surface area (Å²) >= 11 is 0. The van der Waals surface area contributed by atoms with E-state index in [2.05, 4.69) is 34.2 Å². The molecule has 0 aromatic rings. The average Bonchev–Trinajstić information content (AvgIpc) is 2.27. The van der Waals surface area contributed by atoms with Gasteiger partial charge in [0.15, 0.2) is 0 Å². The normalized spacial score (nSPS) is 24.4. The highest BCUT2D eigenvalue weighted by molar-refractivity contribution is 5.79. The fourth-order valence-corrected chi connectivity index (χ4v) is 1.97. The van der Waals surface area contributed by atoms with Crippen LogP contribution in [0.25, 0.3) is 0 Å². The van der Waals surface area contributed by atoms with Gasteiger partial charge < -0.3 is 4.90 Å². The summed E-state index contributed by atoms with van der Waals surface area (Å²) in [5.74, 6) is 6.30. The van der Waals surface area contributed by atoms with E-state index < -0.39 is 0 Å². The van der Waals surface area contributed by atoms with Crippen LogP contribution in [-0.2, 0) is 0 Å². The molecule has 1 aliphatic rings. The lowest BCUT2D eigenvalue weighted by Crippen LogP contribution is -2.57. The number of hydrogen-bond donors (Lipinski definition) is 2. The van der Waals surface area contributed by atoms with E-state index >= 15 is 0 Å². The number of guanidine groups is 1. The van der Waals surface area contributed by atoms with Crippen LogP contribution in [-0.4, -0.2) is 55.0 Å². The van der Waals surface area contributed by atoms with Crippen LogP contribution in [0.4, 0.5) is 0 Å². The minimum Gasteiger partial charge on any atom is -0.339 e. The van der Waals surface area contributed by atoms with Crippen molar-refractivity contribution in [1.82, 2.24) is 15.2 Å². The lowest BCUT2D eigenvalue weighted by Gasteiger charge is -2.40. The van der Waals surface area contributed by atoms with E-state index in [-0.39, 0.29) is 0 Å². The molecule has 1 aliphatic heterocycles. The largest absolute Gasteiger partial charge is 0.339 e. The zero-order valence-corrected chi connectivity index (χ0v) is 10.0. The summed E-state index contributed by atoms with van der Waals surface area (Å²) < 4.78 is 0. The number of hydrazine groups is 1. The van der Waals surface area contributed by atoms with Crippen LogP contribution >= 0.6 is 0 Å². The molecule has 1 atom stereocenters. The number of nitrogens with zero attached hydrogens (tertiary/aromatic N) is 3. The third kappa shape index (κ3) is 3.07. The van der Waals surface area contributed by atoms with Crippen molar-refractivity contribution < 1.29 is 0 Å². The number of aliphatic imine (C=N–C) groups is 1. The predicted molar refractivity (Wildman–Crippen MR) is 63.6 cm³/mol. The molecule has 1 heterocycles. The van der Waals surface area contributed by atoms with E-state index in [9.17, 15) is 0 Å². The van der Waals surface area contributed by atoms with E-state index in [4.69, 9.17) is 5.84 Å². The molecule has 0 spiro atoms. The SMILES string of the molecule is CCN=C(NN)N1CCN(C)C(CC)C1. The molecular weight excluding hydrogens is 190 g/mol. The highest BCUT2D eigenvalue weighted by atomic mass is 15.4. The van der Waals surface area contributed by atoms with Crippen LogP contribution in [0.5, 0.6) is 0 Å². The van der Waals surface area contributed by atoms with Crippen LogP contribution in [0.3, 0.4) is 0 Å². The monoisotopic (exact) mass is 213 g/mol. The third-order valence-electron chi connectivity index (χ3n) is 2.98. The second-order valence-corrected chi connectivity index (χ2v) is 3.93. The van der Waals surface area contributed by atoms with Crippen molar-refractivity contribution in [1.29, 1.82) is 0 Å². The van der Waals surface area contributed by atoms with Gasteiger partial charge in [0, 0.05) is 32.2 Å². The van der Waals surface area contributed by atoms with E-state index in [1.165, 1.54) is 0 Å². The fourth-order valence-electron chi connectivity index (χ4n) is 1.97. The van der Waals surface area contributed by atoms with Gasteiger partial charge in [-0.25, -0.2) is 5.84 Å². The summed E-state index contributed by atoms with van der Waals surface area (Å²) in [5, 5.41) is 0. The van der Waals surface area contributed by atoms with Gasteiger partial charge in [-0.15, -0.1) is 0 Å². The first-order valence-corrected chi connectivity index (χ1v) is 5.69. The topological polar surface area (TPSA) is 56.9 Å². The first-order chi connectivity index (χ1) is 7.22. The number of nitrogens with two attached hydrogens (primary N) is 1. The van der Waals surface area contributed by atoms with Gasteiger partial charge in [-0.1, -0.05) is 6.92 Å². The van der Waals surface area contributed by atoms with Crippen molar-refractivity contribution in [2.45, 2.75) is 26.3 Å². The van der Waals surface area contributed by atoms with Gasteiger partial charge in [0.05, 0.1) is 0 Å². The molecule has 0 aliphatic carbocycles. The van der Waals surface area contributed by atoms with E-state index in [0.29, 0.717) is 6.04 Å². The zero-order valence-electron chi connectivity index (χ0n) is 10.0. The van der Waals surface area contributed by atoms with Crippen molar-refractivity contribution >= 4 is 5.96 Å². The second-order valence-electron chi connectivity index (χ2n) is 3.93. The van der Waals surface area contributed by atoms with Gasteiger partial charge in [-0.3, -0.25) is 15.3 Å². The summed E-state index contributed by atoms with van der Waals surface area (Å²) in [4.78, 5) is 8.98. The quantitative estimate of drug-likeness (QED) is 0.290. The Kier molecular flexibility index (Phi) is 4.84. The summed E-state index contributed by atoms with van der Waals surface area (Å²) in [6.07, 6.45) is 1.16. The maximum atomic E-state index is 5.48. The molecule has 0 amide bonds. The highest BCUT2D eigenvalue weighted by Crippen LogP contribution is 2.10. The number of likely N-dealkylation sites (N-methyl/N-ethyl adjacent to an activating group) is 1. The third-order valence-corrected chi connectivity index (χ3v) is 2.98. The zero-order chi connectivity index (χ0) is 11.3. The molecule has 0 radical (unpaired) electrons. The Labute approximate surface area is 92.3 Å². The van der Waals surface area contributed by atoms with Crippen molar-refractivity contribution in [3.63, 3.8) is 0 Å². The molecule has 1 unspecified atom stereocenters. The number of nitrogens with one attached hydrogen (secondary N) is 1. The number of piperazine rings is 1. The van der Waals surface area contributed by atoms with Crippen LogP contribution in [0.15, 0.2) is 4.99 Å². The van der Waals surface area contributed by atoms with Crippen molar-refractivity contribution in [3.8, 4) is 0 Å². The molecule has 5 heteroatoms. The Balaban J connectivity index is 2.60. The summed E-state index contributed by atoms with van der Waals surface area (Å²) in [6, 6.07) is 0.606. The number of rotatable bonds is 2. The first-order valence-electron chi connectivity index (χ1n) is 5.69. The Morgan fingerprint density at radius 1 is 1.47 bits per heavy atom. The molecule has 5 nitrogen and oxygen atoms in total. The minimum absolute atomic E-state index is 0.606. The predicted octanol–water partition coefficient (Wildman–Crippen LogP) is -0.148. The molecule has 0 aromatic carbocycles. The second kappa shape index (κ2) is 5.92. The highest BCUT2D eigenvalue weighted by Gasteiger charge is 2.24. The number of hydrogen-bond acceptors (Lipinski definition) is 3. The molecule has 1 saturated heterocycles. The van der Waals surface area contributed by atoms with Crippen molar-refractivity contribution in [2.24, 2.45) is 10.8 Å². The molecule has 1 rings (SSSR count). The molecule has 15 heavy (non-hydrogen) atoms. The van der Waals surface area contributed by atoms with Crippen molar-refractivity contribution in [3.05, 3.63) is 0 Å². The molecule has 0 saturated carbocycles. The summed E-state index contributed by atoms with van der Waals surface area (Å²) in [7, 11) is 2.18. The van der Waals surface area contributed by atoms with Crippen molar-refractivity contribution in [2.75, 3.05) is 33.2 Å². The van der Waals surface area contributed by atoms with E-state index in [1.54, 1.807) is 0 Å². The van der Waals surface area contributed by atoms with Gasteiger partial charge in [0.25, 0.3) is 0 Å². The van der Waals surface area contributed by atoms with E-state index in [0.717, 1.165) is 38.6 Å². The molecule has 0 bridgehead atoms. The van der Waals surface area contributed by atoms with Gasteiger partial charge in [0.1, 0.15) is 0 Å². The molecule has 3 N–H and O–H groups in total. The first kappa shape index (κ1) is 12.3. The Morgan fingerprint density at radius 2 is 2.20 bits per heavy atom.